The van der Waals surface area contributed by atoms with Crippen molar-refractivity contribution in [2.75, 3.05) is 0 Å². The Bertz CT molecular complexity index is 1530. The number of hydrogen-bond acceptors (Lipinski definition) is 5. The van der Waals surface area contributed by atoms with Crippen LogP contribution in [0.3, 0.4) is 0 Å². The summed E-state index contributed by atoms with van der Waals surface area (Å²) in [7, 11) is 0. The van der Waals surface area contributed by atoms with Gasteiger partial charge in [-0.05, 0) is 43.9 Å². The van der Waals surface area contributed by atoms with Crippen LogP contribution in [0.5, 0.6) is 0 Å². The van der Waals surface area contributed by atoms with Gasteiger partial charge in [0.05, 0.1) is 28.5 Å². The van der Waals surface area contributed by atoms with E-state index in [0.717, 1.165) is 49.0 Å². The maximum atomic E-state index is 13.2. The minimum absolute atomic E-state index is 0.0880. The highest BCUT2D eigenvalue weighted by molar-refractivity contribution is 6.06. The van der Waals surface area contributed by atoms with E-state index in [1.165, 1.54) is 4.68 Å². The van der Waals surface area contributed by atoms with Crippen molar-refractivity contribution in [2.45, 2.75) is 58.4 Å². The highest BCUT2D eigenvalue weighted by atomic mass is 16.2. The van der Waals surface area contributed by atoms with Crippen molar-refractivity contribution in [3.05, 3.63) is 87.6 Å². The SMILES string of the molecule is CCCCCn1nc(C(=O)NNC(=O)c2cnn(-c3ccccc3C)c2C2CC2)c2ccccc2c1=O. The highest BCUT2D eigenvalue weighted by Crippen LogP contribution is 2.42. The lowest BCUT2D eigenvalue weighted by Gasteiger charge is -2.13. The Labute approximate surface area is 214 Å². The average Bonchev–Trinajstić information content (AvgIpc) is 3.66. The molecule has 2 heterocycles. The van der Waals surface area contributed by atoms with Gasteiger partial charge in [-0.2, -0.15) is 10.2 Å². The minimum atomic E-state index is -0.590. The molecule has 9 nitrogen and oxygen atoms in total. The molecule has 0 bridgehead atoms. The molecule has 2 aromatic heterocycles. The lowest BCUT2D eigenvalue weighted by Crippen LogP contribution is -2.43. The molecule has 1 aliphatic rings. The van der Waals surface area contributed by atoms with Gasteiger partial charge in [-0.25, -0.2) is 9.36 Å². The number of aromatic nitrogens is 4. The molecule has 9 heteroatoms. The van der Waals surface area contributed by atoms with Crippen LogP contribution < -0.4 is 16.4 Å². The smallest absolute Gasteiger partial charge is 0.267 e. The normalized spacial score (nSPS) is 13.0. The number of carbonyl (C=O) groups is 2. The van der Waals surface area contributed by atoms with Crippen LogP contribution >= 0.6 is 0 Å². The molecule has 190 valence electrons. The van der Waals surface area contributed by atoms with E-state index in [-0.39, 0.29) is 17.2 Å². The standard InChI is InChI=1S/C28H30N6O3/c1-3-4-9-16-33-28(37)21-12-7-6-11-20(21)24(32-33)27(36)31-30-26(35)22-17-29-34(25(22)19-14-15-19)23-13-8-5-10-18(23)2/h5-8,10-13,17,19H,3-4,9,14-16H2,1-2H3,(H,30,35)(H,31,36). The number of hydrazine groups is 1. The molecule has 2 N–H and O–H groups in total. The summed E-state index contributed by atoms with van der Waals surface area (Å²) in [5.41, 5.74) is 8.13. The van der Waals surface area contributed by atoms with Crippen LogP contribution in [0.25, 0.3) is 16.5 Å². The fraction of sp³-hybridized carbons (Fsp3) is 0.321. The van der Waals surface area contributed by atoms with Crippen LogP contribution in [-0.2, 0) is 6.54 Å². The van der Waals surface area contributed by atoms with Gasteiger partial charge in [-0.15, -0.1) is 0 Å². The number of aryl methyl sites for hydroxylation is 2. The maximum Gasteiger partial charge on any atom is 0.290 e. The zero-order valence-corrected chi connectivity index (χ0v) is 21.0. The lowest BCUT2D eigenvalue weighted by molar-refractivity contribution is 0.0843. The molecular weight excluding hydrogens is 468 g/mol. The third-order valence-electron chi connectivity index (χ3n) is 6.70. The van der Waals surface area contributed by atoms with Gasteiger partial charge >= 0.3 is 0 Å². The summed E-state index contributed by atoms with van der Waals surface area (Å²) in [6.45, 7) is 4.51. The number of nitrogens with zero attached hydrogens (tertiary/aromatic N) is 4. The maximum absolute atomic E-state index is 13.2. The summed E-state index contributed by atoms with van der Waals surface area (Å²) in [6, 6.07) is 14.8. The monoisotopic (exact) mass is 498 g/mol. The number of unbranched alkanes of at least 4 members (excludes halogenated alkanes) is 2. The van der Waals surface area contributed by atoms with E-state index in [1.807, 2.05) is 35.9 Å². The van der Waals surface area contributed by atoms with E-state index in [1.54, 1.807) is 30.5 Å². The topological polar surface area (TPSA) is 111 Å². The van der Waals surface area contributed by atoms with E-state index in [2.05, 4.69) is 28.0 Å². The second kappa shape index (κ2) is 10.4. The number of nitrogens with one attached hydrogen (secondary N) is 2. The second-order valence-corrected chi connectivity index (χ2v) is 9.45. The van der Waals surface area contributed by atoms with Crippen molar-refractivity contribution in [1.29, 1.82) is 0 Å². The lowest BCUT2D eigenvalue weighted by atomic mass is 10.1. The van der Waals surface area contributed by atoms with Crippen LogP contribution in [0.15, 0.2) is 59.5 Å². The van der Waals surface area contributed by atoms with Crippen molar-refractivity contribution in [2.24, 2.45) is 0 Å². The highest BCUT2D eigenvalue weighted by Gasteiger charge is 2.33. The molecule has 0 atom stereocenters. The molecule has 0 spiro atoms. The molecular formula is C28H30N6O3. The number of para-hydroxylation sites is 1. The van der Waals surface area contributed by atoms with Crippen LogP contribution in [0.4, 0.5) is 0 Å². The summed E-state index contributed by atoms with van der Waals surface area (Å²) in [6.07, 6.45) is 6.26. The molecule has 0 radical (unpaired) electrons. The first-order chi connectivity index (χ1) is 18.0. The summed E-state index contributed by atoms with van der Waals surface area (Å²) in [5, 5.41) is 9.72. The van der Waals surface area contributed by atoms with Crippen LogP contribution in [0, 0.1) is 6.92 Å². The van der Waals surface area contributed by atoms with Crippen molar-refractivity contribution in [1.82, 2.24) is 30.4 Å². The molecule has 2 aromatic carbocycles. The van der Waals surface area contributed by atoms with Gasteiger partial charge in [0.25, 0.3) is 17.4 Å². The van der Waals surface area contributed by atoms with Gasteiger partial charge in [-0.1, -0.05) is 56.2 Å². The molecule has 37 heavy (non-hydrogen) atoms. The first-order valence-corrected chi connectivity index (χ1v) is 12.7. The Morgan fingerprint density at radius 3 is 2.41 bits per heavy atom. The number of fused-ring (bicyclic) bond motifs is 1. The summed E-state index contributed by atoms with van der Waals surface area (Å²) < 4.78 is 3.16. The first-order valence-electron chi connectivity index (χ1n) is 12.7. The number of rotatable bonds is 8. The molecule has 1 fully saturated rings. The molecule has 5 rings (SSSR count). The Balaban J connectivity index is 1.39. The summed E-state index contributed by atoms with van der Waals surface area (Å²) >= 11 is 0. The Morgan fingerprint density at radius 2 is 1.68 bits per heavy atom. The molecule has 1 aliphatic carbocycles. The van der Waals surface area contributed by atoms with Crippen LogP contribution in [0.1, 0.15) is 77.0 Å². The molecule has 2 amide bonds. The van der Waals surface area contributed by atoms with Crippen molar-refractivity contribution >= 4 is 22.6 Å². The fourth-order valence-electron chi connectivity index (χ4n) is 4.58. The zero-order valence-electron chi connectivity index (χ0n) is 21.0. The number of hydrogen-bond donors (Lipinski definition) is 2. The van der Waals surface area contributed by atoms with Gasteiger partial charge in [-0.3, -0.25) is 25.2 Å². The van der Waals surface area contributed by atoms with Crippen molar-refractivity contribution < 1.29 is 9.59 Å². The number of benzene rings is 2. The van der Waals surface area contributed by atoms with E-state index in [0.29, 0.717) is 22.9 Å². The van der Waals surface area contributed by atoms with Gasteiger partial charge < -0.3 is 0 Å². The number of carbonyl (C=O) groups excluding carboxylic acids is 2. The van der Waals surface area contributed by atoms with E-state index >= 15 is 0 Å². The second-order valence-electron chi connectivity index (χ2n) is 9.45. The molecule has 4 aromatic rings. The van der Waals surface area contributed by atoms with Crippen molar-refractivity contribution in [3.8, 4) is 5.69 Å². The van der Waals surface area contributed by atoms with Gasteiger partial charge in [0.15, 0.2) is 5.69 Å². The predicted molar refractivity (Wildman–Crippen MR) is 141 cm³/mol. The molecule has 0 saturated heterocycles. The molecule has 0 aliphatic heterocycles. The van der Waals surface area contributed by atoms with Crippen LogP contribution in [0.2, 0.25) is 0 Å². The Morgan fingerprint density at radius 1 is 0.973 bits per heavy atom. The first kappa shape index (κ1) is 24.4. The van der Waals surface area contributed by atoms with Gasteiger partial charge in [0, 0.05) is 17.8 Å². The van der Waals surface area contributed by atoms with Gasteiger partial charge in [0.1, 0.15) is 0 Å². The van der Waals surface area contributed by atoms with E-state index in [4.69, 9.17) is 0 Å². The average molecular weight is 499 g/mol. The van der Waals surface area contributed by atoms with E-state index < -0.39 is 11.8 Å². The quantitative estimate of drug-likeness (QED) is 0.281. The fourth-order valence-corrected chi connectivity index (χ4v) is 4.58. The summed E-state index contributed by atoms with van der Waals surface area (Å²) in [4.78, 5) is 39.2. The third-order valence-corrected chi connectivity index (χ3v) is 6.70. The van der Waals surface area contributed by atoms with E-state index in [9.17, 15) is 14.4 Å². The largest absolute Gasteiger partial charge is 0.290 e. The summed E-state index contributed by atoms with van der Waals surface area (Å²) in [5.74, 6) is -0.792. The third kappa shape index (κ3) is 4.89. The van der Waals surface area contributed by atoms with Gasteiger partial charge in [0.2, 0.25) is 0 Å². The zero-order chi connectivity index (χ0) is 25.9. The Hall–Kier alpha value is -4.27. The van der Waals surface area contributed by atoms with Crippen molar-refractivity contribution in [3.63, 3.8) is 0 Å². The molecule has 1 saturated carbocycles. The number of amides is 2. The van der Waals surface area contributed by atoms with Crippen LogP contribution in [-0.4, -0.2) is 31.4 Å². The molecule has 0 unspecified atom stereocenters. The predicted octanol–water partition coefficient (Wildman–Crippen LogP) is 4.03. The Kier molecular flexibility index (Phi) is 6.85. The minimum Gasteiger partial charge on any atom is -0.267 e.